The predicted molar refractivity (Wildman–Crippen MR) is 132 cm³/mol. The molecule has 2 aliphatic rings. The van der Waals surface area contributed by atoms with Crippen molar-refractivity contribution in [3.8, 4) is 0 Å². The molecule has 4 rings (SSSR count). The lowest BCUT2D eigenvalue weighted by Gasteiger charge is -2.40. The van der Waals surface area contributed by atoms with Crippen LogP contribution in [0.1, 0.15) is 24.0 Å². The number of rotatable bonds is 6. The highest BCUT2D eigenvalue weighted by molar-refractivity contribution is 5.85. The Hall–Kier alpha value is -2.18. The third kappa shape index (κ3) is 6.42. The Bertz CT molecular complexity index is 859. The van der Waals surface area contributed by atoms with Gasteiger partial charge in [-0.05, 0) is 24.0 Å². The summed E-state index contributed by atoms with van der Waals surface area (Å²) in [6.07, 6.45) is 5.70. The number of hydrogen-bond donors (Lipinski definition) is 1. The van der Waals surface area contributed by atoms with Gasteiger partial charge in [-0.2, -0.15) is 0 Å². The number of nitrogens with zero attached hydrogens (tertiary/aromatic N) is 3. The molecule has 0 radical (unpaired) electrons. The number of carbonyl (C=O) groups excluding carboxylic acids is 1. The fraction of sp³-hybridized carbons (Fsp3) is 0.423. The van der Waals surface area contributed by atoms with Gasteiger partial charge < -0.3 is 10.0 Å². The maximum absolute atomic E-state index is 12.8. The molecule has 0 aliphatic carbocycles. The molecular weight excluding hydrogens is 422 g/mol. The average Bonchev–Trinajstić information content (AvgIpc) is 2.82. The van der Waals surface area contributed by atoms with Gasteiger partial charge in [-0.25, -0.2) is 0 Å². The van der Waals surface area contributed by atoms with Gasteiger partial charge >= 0.3 is 0 Å². The summed E-state index contributed by atoms with van der Waals surface area (Å²) in [5.41, 5.74) is 1.44. The van der Waals surface area contributed by atoms with E-state index in [-0.39, 0.29) is 18.3 Å². The molecule has 6 heteroatoms. The molecule has 2 aromatic rings. The van der Waals surface area contributed by atoms with Gasteiger partial charge in [0.1, 0.15) is 0 Å². The maximum atomic E-state index is 12.8. The quantitative estimate of drug-likeness (QED) is 0.726. The second kappa shape index (κ2) is 11.6. The van der Waals surface area contributed by atoms with Crippen molar-refractivity contribution in [3.05, 3.63) is 77.9 Å². The van der Waals surface area contributed by atoms with E-state index >= 15 is 0 Å². The zero-order chi connectivity index (χ0) is 21.5. The number of aliphatic hydroxyl groups is 1. The van der Waals surface area contributed by atoms with E-state index in [1.807, 2.05) is 41.3 Å². The van der Waals surface area contributed by atoms with Crippen LogP contribution in [0, 0.1) is 0 Å². The summed E-state index contributed by atoms with van der Waals surface area (Å²) < 4.78 is 0. The third-order valence-corrected chi connectivity index (χ3v) is 6.55. The molecule has 0 spiro atoms. The molecule has 0 bridgehead atoms. The van der Waals surface area contributed by atoms with E-state index in [2.05, 4.69) is 46.2 Å². The lowest BCUT2D eigenvalue weighted by atomic mass is 9.84. The fourth-order valence-electron chi connectivity index (χ4n) is 4.49. The lowest BCUT2D eigenvalue weighted by molar-refractivity contribution is -0.135. The molecule has 0 unspecified atom stereocenters. The van der Waals surface area contributed by atoms with Crippen LogP contribution in [0.3, 0.4) is 0 Å². The SMILES string of the molecule is Cl.O=C(CN1CCC(O)(c2ccccc2)CC1)N1CCN(C/C=C/c2ccccc2)CC1. The molecule has 2 aromatic carbocycles. The van der Waals surface area contributed by atoms with Crippen molar-refractivity contribution in [3.63, 3.8) is 0 Å². The highest BCUT2D eigenvalue weighted by Crippen LogP contribution is 2.32. The van der Waals surface area contributed by atoms with Crippen molar-refractivity contribution in [1.29, 1.82) is 0 Å². The van der Waals surface area contributed by atoms with Crippen LogP contribution in [-0.2, 0) is 10.4 Å². The summed E-state index contributed by atoms with van der Waals surface area (Å²) in [7, 11) is 0. The van der Waals surface area contributed by atoms with E-state index in [1.54, 1.807) is 0 Å². The fourth-order valence-corrected chi connectivity index (χ4v) is 4.49. The van der Waals surface area contributed by atoms with Crippen LogP contribution in [0.5, 0.6) is 0 Å². The lowest BCUT2D eigenvalue weighted by Crippen LogP contribution is -2.52. The molecule has 1 amide bonds. The van der Waals surface area contributed by atoms with Gasteiger partial charge in [-0.3, -0.25) is 14.6 Å². The molecule has 0 atom stereocenters. The first kappa shape index (κ1) is 24.5. The van der Waals surface area contributed by atoms with Gasteiger partial charge in [0.2, 0.25) is 5.91 Å². The van der Waals surface area contributed by atoms with Crippen molar-refractivity contribution >= 4 is 24.4 Å². The first-order valence-corrected chi connectivity index (χ1v) is 11.3. The van der Waals surface area contributed by atoms with Crippen molar-refractivity contribution in [2.75, 3.05) is 52.4 Å². The van der Waals surface area contributed by atoms with E-state index in [1.165, 1.54) is 5.56 Å². The zero-order valence-electron chi connectivity index (χ0n) is 18.6. The van der Waals surface area contributed by atoms with Crippen LogP contribution in [0.25, 0.3) is 6.08 Å². The molecule has 0 aromatic heterocycles. The monoisotopic (exact) mass is 455 g/mol. The number of piperazine rings is 1. The number of carbonyl (C=O) groups is 1. The Balaban J connectivity index is 0.00000289. The van der Waals surface area contributed by atoms with Crippen LogP contribution in [0.2, 0.25) is 0 Å². The van der Waals surface area contributed by atoms with Crippen LogP contribution in [0.4, 0.5) is 0 Å². The first-order valence-electron chi connectivity index (χ1n) is 11.3. The number of halogens is 1. The van der Waals surface area contributed by atoms with Gasteiger partial charge in [0.05, 0.1) is 12.1 Å². The summed E-state index contributed by atoms with van der Waals surface area (Å²) in [4.78, 5) is 19.4. The molecule has 2 saturated heterocycles. The molecular formula is C26H34ClN3O2. The van der Waals surface area contributed by atoms with Crippen LogP contribution >= 0.6 is 12.4 Å². The molecule has 2 aliphatic heterocycles. The Kier molecular flexibility index (Phi) is 8.88. The summed E-state index contributed by atoms with van der Waals surface area (Å²) in [5.74, 6) is 0.213. The number of hydrogen-bond acceptors (Lipinski definition) is 4. The normalized spacial score (nSPS) is 19.6. The zero-order valence-corrected chi connectivity index (χ0v) is 19.4. The van der Waals surface area contributed by atoms with E-state index in [0.29, 0.717) is 19.4 Å². The van der Waals surface area contributed by atoms with E-state index in [0.717, 1.165) is 51.4 Å². The van der Waals surface area contributed by atoms with Gasteiger partial charge in [-0.1, -0.05) is 72.8 Å². The standard InChI is InChI=1S/C26H33N3O2.ClH/c30-25(22-28-16-13-26(31,14-17-28)24-11-5-2-6-12-24)29-20-18-27(19-21-29)15-7-10-23-8-3-1-4-9-23;/h1-12,31H,13-22H2;1H/b10-7+;. The van der Waals surface area contributed by atoms with Gasteiger partial charge in [0.25, 0.3) is 0 Å². The Labute approximate surface area is 197 Å². The number of likely N-dealkylation sites (tertiary alicyclic amines) is 1. The van der Waals surface area contributed by atoms with Crippen molar-refractivity contribution in [1.82, 2.24) is 14.7 Å². The molecule has 0 saturated carbocycles. The van der Waals surface area contributed by atoms with Crippen LogP contribution in [0.15, 0.2) is 66.7 Å². The highest BCUT2D eigenvalue weighted by atomic mass is 35.5. The summed E-state index contributed by atoms with van der Waals surface area (Å²) in [6.45, 7) is 6.29. The van der Waals surface area contributed by atoms with Gasteiger partial charge in [0, 0.05) is 45.8 Å². The van der Waals surface area contributed by atoms with Gasteiger partial charge in [-0.15, -0.1) is 12.4 Å². The molecule has 2 heterocycles. The third-order valence-electron chi connectivity index (χ3n) is 6.55. The minimum absolute atomic E-state index is 0. The molecule has 172 valence electrons. The van der Waals surface area contributed by atoms with E-state index in [4.69, 9.17) is 0 Å². The Morgan fingerprint density at radius 2 is 1.44 bits per heavy atom. The van der Waals surface area contributed by atoms with E-state index < -0.39 is 5.60 Å². The minimum atomic E-state index is -0.764. The molecule has 5 nitrogen and oxygen atoms in total. The molecule has 32 heavy (non-hydrogen) atoms. The largest absolute Gasteiger partial charge is 0.385 e. The number of benzene rings is 2. The van der Waals surface area contributed by atoms with Crippen molar-refractivity contribution < 1.29 is 9.90 Å². The average molecular weight is 456 g/mol. The van der Waals surface area contributed by atoms with Gasteiger partial charge in [0.15, 0.2) is 0 Å². The maximum Gasteiger partial charge on any atom is 0.236 e. The number of amides is 1. The summed E-state index contributed by atoms with van der Waals surface area (Å²) in [6, 6.07) is 20.2. The van der Waals surface area contributed by atoms with E-state index in [9.17, 15) is 9.90 Å². The van der Waals surface area contributed by atoms with Crippen molar-refractivity contribution in [2.45, 2.75) is 18.4 Å². The Morgan fingerprint density at radius 3 is 2.06 bits per heavy atom. The second-order valence-electron chi connectivity index (χ2n) is 8.67. The van der Waals surface area contributed by atoms with Crippen LogP contribution < -0.4 is 0 Å². The first-order chi connectivity index (χ1) is 15.1. The van der Waals surface area contributed by atoms with Crippen molar-refractivity contribution in [2.24, 2.45) is 0 Å². The highest BCUT2D eigenvalue weighted by Gasteiger charge is 2.34. The summed E-state index contributed by atoms with van der Waals surface area (Å²) in [5, 5.41) is 11.0. The Morgan fingerprint density at radius 1 is 0.844 bits per heavy atom. The smallest absolute Gasteiger partial charge is 0.236 e. The number of piperidine rings is 1. The predicted octanol–water partition coefficient (Wildman–Crippen LogP) is 3.25. The topological polar surface area (TPSA) is 47.0 Å². The van der Waals surface area contributed by atoms with Crippen LogP contribution in [-0.4, -0.2) is 78.1 Å². The minimum Gasteiger partial charge on any atom is -0.385 e. The molecule has 1 N–H and O–H groups in total. The second-order valence-corrected chi connectivity index (χ2v) is 8.67. The molecule has 2 fully saturated rings. The summed E-state index contributed by atoms with van der Waals surface area (Å²) >= 11 is 0.